The van der Waals surface area contributed by atoms with Crippen LogP contribution < -0.4 is 0 Å². The van der Waals surface area contributed by atoms with E-state index in [4.69, 9.17) is 0 Å². The quantitative estimate of drug-likeness (QED) is 0.243. The maximum atomic E-state index is 4.62. The largest absolute Gasteiger partial charge is 0.256 e. The summed E-state index contributed by atoms with van der Waals surface area (Å²) in [6.07, 6.45) is 14.0. The van der Waals surface area contributed by atoms with Crippen molar-refractivity contribution in [2.45, 2.75) is 64.7 Å². The summed E-state index contributed by atoms with van der Waals surface area (Å²) < 4.78 is 0. The van der Waals surface area contributed by atoms with E-state index in [1.165, 1.54) is 56.9 Å². The van der Waals surface area contributed by atoms with E-state index in [-0.39, 0.29) is 0 Å². The first-order valence-corrected chi connectivity index (χ1v) is 9.87. The lowest BCUT2D eigenvalue weighted by molar-refractivity contribution is 0.575. The number of benzene rings is 1. The molecule has 0 saturated heterocycles. The zero-order valence-corrected chi connectivity index (χ0v) is 16.0. The fourth-order valence-electron chi connectivity index (χ4n) is 2.97. The molecule has 2 aromatic rings. The molecule has 3 heteroatoms. The van der Waals surface area contributed by atoms with Crippen LogP contribution in [0.4, 0.5) is 5.69 Å². The van der Waals surface area contributed by atoms with Crippen molar-refractivity contribution in [3.8, 4) is 11.3 Å². The highest BCUT2D eigenvalue weighted by Gasteiger charge is 2.01. The van der Waals surface area contributed by atoms with Gasteiger partial charge in [0.05, 0.1) is 16.5 Å². The third kappa shape index (κ3) is 7.29. The molecule has 2 rings (SSSR count). The molecule has 0 bridgehead atoms. The van der Waals surface area contributed by atoms with Gasteiger partial charge in [0.25, 0.3) is 0 Å². The molecule has 0 atom stereocenters. The molecule has 0 fully saturated rings. The van der Waals surface area contributed by atoms with E-state index in [0.717, 1.165) is 23.4 Å². The number of unbranched alkanes of at least 4 members (excludes halogenated alkanes) is 7. The average molecular weight is 353 g/mol. The molecule has 0 unspecified atom stereocenters. The predicted molar refractivity (Wildman–Crippen MR) is 111 cm³/mol. The number of hydrogen-bond donors (Lipinski definition) is 0. The zero-order valence-electron chi connectivity index (χ0n) is 15.2. The first-order chi connectivity index (χ1) is 12.3. The summed E-state index contributed by atoms with van der Waals surface area (Å²) in [4.78, 5) is 8.58. The van der Waals surface area contributed by atoms with Crippen molar-refractivity contribution in [1.29, 1.82) is 0 Å². The van der Waals surface area contributed by atoms with Gasteiger partial charge < -0.3 is 0 Å². The van der Waals surface area contributed by atoms with Crippen molar-refractivity contribution in [1.82, 2.24) is 4.98 Å². The topological polar surface area (TPSA) is 25.2 Å². The van der Waals surface area contributed by atoms with Gasteiger partial charge in [0.15, 0.2) is 0 Å². The Kier molecular flexibility index (Phi) is 9.11. The molecule has 25 heavy (non-hydrogen) atoms. The summed E-state index contributed by atoms with van der Waals surface area (Å²) in [6.45, 7) is 2.27. The van der Waals surface area contributed by atoms with E-state index in [9.17, 15) is 0 Å². The molecule has 0 radical (unpaired) electrons. The molecule has 0 aliphatic carbocycles. The van der Waals surface area contributed by atoms with Crippen LogP contribution in [-0.2, 0) is 6.42 Å². The van der Waals surface area contributed by atoms with Crippen LogP contribution in [0.25, 0.3) is 11.3 Å². The van der Waals surface area contributed by atoms with Crippen molar-refractivity contribution >= 4 is 23.1 Å². The molecule has 1 aromatic carbocycles. The molecule has 1 heterocycles. The molecular weight excluding hydrogens is 324 g/mol. The number of rotatable bonds is 11. The van der Waals surface area contributed by atoms with Gasteiger partial charge in [0.1, 0.15) is 0 Å². The molecule has 2 nitrogen and oxygen atoms in total. The smallest absolute Gasteiger partial charge is 0.0740 e. The first kappa shape index (κ1) is 19.5. The van der Waals surface area contributed by atoms with Gasteiger partial charge in [-0.1, -0.05) is 70.1 Å². The molecule has 132 valence electrons. The number of nitrogens with zero attached hydrogens (tertiary/aromatic N) is 2. The van der Waals surface area contributed by atoms with E-state index in [0.29, 0.717) is 0 Å². The highest BCUT2D eigenvalue weighted by molar-refractivity contribution is 7.78. The minimum absolute atomic E-state index is 0.824. The van der Waals surface area contributed by atoms with Gasteiger partial charge in [-0.05, 0) is 48.8 Å². The van der Waals surface area contributed by atoms with E-state index in [1.54, 1.807) is 0 Å². The molecule has 0 aliphatic heterocycles. The normalized spacial score (nSPS) is 10.4. The minimum atomic E-state index is 0.824. The Morgan fingerprint density at radius 3 is 2.16 bits per heavy atom. The van der Waals surface area contributed by atoms with Gasteiger partial charge >= 0.3 is 0 Å². The number of aromatic nitrogens is 1. The van der Waals surface area contributed by atoms with Crippen LogP contribution in [0.5, 0.6) is 0 Å². The second kappa shape index (κ2) is 11.7. The van der Waals surface area contributed by atoms with Crippen molar-refractivity contribution in [3.63, 3.8) is 0 Å². The maximum absolute atomic E-state index is 4.62. The number of thiocarbonyl (C=S) groups is 1. The second-order valence-electron chi connectivity index (χ2n) is 6.53. The predicted octanol–water partition coefficient (Wildman–Crippen LogP) is 7.17. The number of isothiocyanates is 1. The molecule has 0 amide bonds. The lowest BCUT2D eigenvalue weighted by atomic mass is 10.0. The van der Waals surface area contributed by atoms with Gasteiger partial charge in [0, 0.05) is 11.8 Å². The van der Waals surface area contributed by atoms with Gasteiger partial charge in [-0.3, -0.25) is 4.98 Å². The monoisotopic (exact) mass is 352 g/mol. The van der Waals surface area contributed by atoms with Crippen molar-refractivity contribution in [2.24, 2.45) is 4.99 Å². The van der Waals surface area contributed by atoms with E-state index in [2.05, 4.69) is 46.4 Å². The van der Waals surface area contributed by atoms with Crippen molar-refractivity contribution < 1.29 is 0 Å². The van der Waals surface area contributed by atoms with Crippen LogP contribution >= 0.6 is 12.2 Å². The van der Waals surface area contributed by atoms with E-state index < -0.39 is 0 Å². The standard InChI is InChI=1S/C22H28N2S/c1-2-3-4-5-6-7-8-9-10-19-11-16-22(23-17-19)20-12-14-21(15-13-20)24-18-25/h11-17H,2-10H2,1H3. The molecule has 0 aliphatic rings. The summed E-state index contributed by atoms with van der Waals surface area (Å²) in [7, 11) is 0. The van der Waals surface area contributed by atoms with E-state index in [1.807, 2.05) is 30.5 Å². The van der Waals surface area contributed by atoms with Gasteiger partial charge in [0.2, 0.25) is 0 Å². The zero-order chi connectivity index (χ0) is 17.7. The van der Waals surface area contributed by atoms with Crippen LogP contribution in [0.3, 0.4) is 0 Å². The van der Waals surface area contributed by atoms with Gasteiger partial charge in [-0.25, -0.2) is 0 Å². The number of pyridine rings is 1. The molecule has 0 spiro atoms. The van der Waals surface area contributed by atoms with Gasteiger partial charge in [-0.15, -0.1) is 0 Å². The van der Waals surface area contributed by atoms with Gasteiger partial charge in [-0.2, -0.15) is 4.99 Å². The third-order valence-electron chi connectivity index (χ3n) is 4.48. The average Bonchev–Trinajstić information content (AvgIpc) is 2.65. The fraction of sp³-hybridized carbons (Fsp3) is 0.455. The highest BCUT2D eigenvalue weighted by atomic mass is 32.1. The van der Waals surface area contributed by atoms with Crippen LogP contribution in [0.15, 0.2) is 47.6 Å². The van der Waals surface area contributed by atoms with Crippen LogP contribution in [-0.4, -0.2) is 10.1 Å². The lowest BCUT2D eigenvalue weighted by Gasteiger charge is -2.05. The molecule has 1 aromatic heterocycles. The summed E-state index contributed by atoms with van der Waals surface area (Å²) in [5.41, 5.74) is 4.25. The molecular formula is C22H28N2S. The molecule has 0 N–H and O–H groups in total. The fourth-order valence-corrected chi connectivity index (χ4v) is 3.07. The number of aryl methyl sites for hydroxylation is 1. The Morgan fingerprint density at radius 1 is 0.880 bits per heavy atom. The maximum Gasteiger partial charge on any atom is 0.0740 e. The first-order valence-electron chi connectivity index (χ1n) is 9.46. The molecule has 0 saturated carbocycles. The minimum Gasteiger partial charge on any atom is -0.256 e. The van der Waals surface area contributed by atoms with Crippen molar-refractivity contribution in [3.05, 3.63) is 48.2 Å². The summed E-state index contributed by atoms with van der Waals surface area (Å²) in [5.74, 6) is 0. The van der Waals surface area contributed by atoms with E-state index >= 15 is 0 Å². The number of aliphatic imine (C=N–C) groups is 1. The van der Waals surface area contributed by atoms with Crippen molar-refractivity contribution in [2.75, 3.05) is 0 Å². The second-order valence-corrected chi connectivity index (χ2v) is 6.71. The SMILES string of the molecule is CCCCCCCCCCc1ccc(-c2ccc(N=C=S)cc2)nc1. The van der Waals surface area contributed by atoms with Crippen LogP contribution in [0.1, 0.15) is 63.9 Å². The Bertz CT molecular complexity index is 655. The van der Waals surface area contributed by atoms with Crippen LogP contribution in [0, 0.1) is 0 Å². The highest BCUT2D eigenvalue weighted by Crippen LogP contribution is 2.21. The number of hydrogen-bond acceptors (Lipinski definition) is 3. The summed E-state index contributed by atoms with van der Waals surface area (Å²) in [6, 6.07) is 12.2. The Labute approximate surface area is 157 Å². The summed E-state index contributed by atoms with van der Waals surface area (Å²) in [5, 5.41) is 2.38. The third-order valence-corrected chi connectivity index (χ3v) is 4.57. The van der Waals surface area contributed by atoms with Crippen LogP contribution in [0.2, 0.25) is 0 Å². The Hall–Kier alpha value is -1.83. The Balaban J connectivity index is 1.73. The summed E-state index contributed by atoms with van der Waals surface area (Å²) >= 11 is 4.62. The Morgan fingerprint density at radius 2 is 1.56 bits per heavy atom. The lowest BCUT2D eigenvalue weighted by Crippen LogP contribution is -1.90.